The van der Waals surface area contributed by atoms with E-state index in [1.54, 1.807) is 12.1 Å². The monoisotopic (exact) mass is 331 g/mol. The molecule has 0 fully saturated rings. The molecule has 0 spiro atoms. The van der Waals surface area contributed by atoms with Crippen LogP contribution in [0.2, 0.25) is 0 Å². The van der Waals surface area contributed by atoms with Crippen LogP contribution in [-0.4, -0.2) is 25.3 Å². The summed E-state index contributed by atoms with van der Waals surface area (Å²) in [6.45, 7) is 1.59. The lowest BCUT2D eigenvalue weighted by atomic mass is 10.0. The Hall–Kier alpha value is -2.40. The maximum atomic E-state index is 12.2. The van der Waals surface area contributed by atoms with Gasteiger partial charge in [0.25, 0.3) is 0 Å². The van der Waals surface area contributed by atoms with Gasteiger partial charge in [-0.15, -0.1) is 0 Å². The topological polar surface area (TPSA) is 61.5 Å². The molecule has 0 aromatic heterocycles. The normalized spacial score (nSPS) is 11.8. The third-order valence-corrected chi connectivity index (χ3v) is 3.63. The van der Waals surface area contributed by atoms with Crippen LogP contribution in [0.3, 0.4) is 0 Å². The first-order chi connectivity index (χ1) is 11.6. The lowest BCUT2D eigenvalue weighted by molar-refractivity contribution is -0.146. The molecule has 0 aliphatic heterocycles. The van der Waals surface area contributed by atoms with E-state index < -0.39 is 18.7 Å². The molecule has 128 valence electrons. The van der Waals surface area contributed by atoms with Gasteiger partial charge in [0.05, 0.1) is 0 Å². The average molecular weight is 331 g/mol. The van der Waals surface area contributed by atoms with E-state index in [4.69, 9.17) is 15.2 Å². The molecule has 0 aliphatic rings. The first-order valence-electron chi connectivity index (χ1n) is 7.84. The summed E-state index contributed by atoms with van der Waals surface area (Å²) in [5.41, 5.74) is 8.75. The highest BCUT2D eigenvalue weighted by Gasteiger charge is 2.17. The molecule has 2 aromatic rings. The average Bonchev–Trinajstić information content (AvgIpc) is 2.61. The van der Waals surface area contributed by atoms with Gasteiger partial charge in [-0.05, 0) is 42.2 Å². The van der Waals surface area contributed by atoms with Crippen molar-refractivity contribution in [1.82, 2.24) is 0 Å². The molecule has 0 saturated heterocycles. The lowest BCUT2D eigenvalue weighted by Crippen LogP contribution is -2.34. The molecule has 2 aromatic carbocycles. The standard InChI is InChI=1S/C19H22FNO3/c1-14-7-8-17(23-10-9-20)11-16(14)12-18(21)19(22)24-13-15-5-3-2-4-6-15/h2-8,11,18H,9-10,12-13,21H2,1H3. The smallest absolute Gasteiger partial charge is 0.323 e. The zero-order valence-corrected chi connectivity index (χ0v) is 13.7. The second-order valence-electron chi connectivity index (χ2n) is 5.53. The van der Waals surface area contributed by atoms with E-state index in [0.717, 1.165) is 16.7 Å². The molecule has 5 heteroatoms. The first-order valence-corrected chi connectivity index (χ1v) is 7.84. The number of nitrogens with two attached hydrogens (primary N) is 1. The molecule has 1 atom stereocenters. The first kappa shape index (κ1) is 17.9. The van der Waals surface area contributed by atoms with Crippen molar-refractivity contribution < 1.29 is 18.7 Å². The van der Waals surface area contributed by atoms with Crippen molar-refractivity contribution in [2.45, 2.75) is 26.0 Å². The number of carbonyl (C=O) groups excluding carboxylic acids is 1. The van der Waals surface area contributed by atoms with E-state index in [0.29, 0.717) is 12.2 Å². The van der Waals surface area contributed by atoms with E-state index in [9.17, 15) is 9.18 Å². The fraction of sp³-hybridized carbons (Fsp3) is 0.316. The molecule has 4 nitrogen and oxygen atoms in total. The zero-order chi connectivity index (χ0) is 17.4. The molecule has 0 amide bonds. The van der Waals surface area contributed by atoms with Gasteiger partial charge in [-0.2, -0.15) is 0 Å². The summed E-state index contributed by atoms with van der Waals surface area (Å²) in [6, 6.07) is 14.1. The van der Waals surface area contributed by atoms with Gasteiger partial charge in [-0.3, -0.25) is 4.79 Å². The molecule has 0 aliphatic carbocycles. The Balaban J connectivity index is 1.93. The van der Waals surface area contributed by atoms with Crippen LogP contribution in [0, 0.1) is 6.92 Å². The molecular formula is C19H22FNO3. The summed E-state index contributed by atoms with van der Waals surface area (Å²) in [7, 11) is 0. The van der Waals surface area contributed by atoms with E-state index in [1.165, 1.54) is 0 Å². The third-order valence-electron chi connectivity index (χ3n) is 3.63. The molecular weight excluding hydrogens is 309 g/mol. The highest BCUT2D eigenvalue weighted by atomic mass is 19.1. The summed E-state index contributed by atoms with van der Waals surface area (Å²) in [5.74, 6) is 0.117. The van der Waals surface area contributed by atoms with Gasteiger partial charge in [0.2, 0.25) is 0 Å². The van der Waals surface area contributed by atoms with Crippen molar-refractivity contribution in [3.05, 3.63) is 65.2 Å². The number of hydrogen-bond acceptors (Lipinski definition) is 4. The van der Waals surface area contributed by atoms with E-state index >= 15 is 0 Å². The quantitative estimate of drug-likeness (QED) is 0.756. The molecule has 1 unspecified atom stereocenters. The van der Waals surface area contributed by atoms with Gasteiger partial charge >= 0.3 is 5.97 Å². The number of ether oxygens (including phenoxy) is 2. The number of benzene rings is 2. The maximum Gasteiger partial charge on any atom is 0.323 e. The van der Waals surface area contributed by atoms with Gasteiger partial charge < -0.3 is 15.2 Å². The Morgan fingerprint density at radius 3 is 2.67 bits per heavy atom. The van der Waals surface area contributed by atoms with Crippen LogP contribution in [0.4, 0.5) is 4.39 Å². The fourth-order valence-corrected chi connectivity index (χ4v) is 2.27. The molecule has 2 N–H and O–H groups in total. The molecule has 0 heterocycles. The predicted octanol–water partition coefficient (Wildman–Crippen LogP) is 2.96. The Labute approximate surface area is 141 Å². The summed E-state index contributed by atoms with van der Waals surface area (Å²) < 4.78 is 22.7. The van der Waals surface area contributed by atoms with Gasteiger partial charge in [-0.25, -0.2) is 4.39 Å². The summed E-state index contributed by atoms with van der Waals surface area (Å²) >= 11 is 0. The van der Waals surface area contributed by atoms with Crippen molar-refractivity contribution in [2.24, 2.45) is 5.73 Å². The van der Waals surface area contributed by atoms with Crippen LogP contribution in [0.1, 0.15) is 16.7 Å². The Morgan fingerprint density at radius 1 is 1.21 bits per heavy atom. The minimum absolute atomic E-state index is 0.00761. The molecule has 0 radical (unpaired) electrons. The van der Waals surface area contributed by atoms with E-state index in [-0.39, 0.29) is 13.2 Å². The minimum atomic E-state index is -0.760. The van der Waals surface area contributed by atoms with Gasteiger partial charge in [-0.1, -0.05) is 36.4 Å². The van der Waals surface area contributed by atoms with E-state index in [1.807, 2.05) is 43.3 Å². The van der Waals surface area contributed by atoms with Crippen LogP contribution in [-0.2, 0) is 22.6 Å². The highest BCUT2D eigenvalue weighted by molar-refractivity contribution is 5.76. The van der Waals surface area contributed by atoms with Crippen molar-refractivity contribution in [2.75, 3.05) is 13.3 Å². The summed E-state index contributed by atoms with van der Waals surface area (Å²) in [5, 5.41) is 0. The molecule has 2 rings (SSSR count). The minimum Gasteiger partial charge on any atom is -0.491 e. The van der Waals surface area contributed by atoms with Gasteiger partial charge in [0.15, 0.2) is 0 Å². The maximum absolute atomic E-state index is 12.2. The third kappa shape index (κ3) is 5.35. The highest BCUT2D eigenvalue weighted by Crippen LogP contribution is 2.19. The van der Waals surface area contributed by atoms with Gasteiger partial charge in [0, 0.05) is 0 Å². The zero-order valence-electron chi connectivity index (χ0n) is 13.7. The van der Waals surface area contributed by atoms with Crippen LogP contribution in [0.5, 0.6) is 5.75 Å². The second kappa shape index (κ2) is 9.03. The number of halogens is 1. The lowest BCUT2D eigenvalue weighted by Gasteiger charge is -2.14. The number of carbonyl (C=O) groups is 1. The largest absolute Gasteiger partial charge is 0.491 e. The van der Waals surface area contributed by atoms with Crippen molar-refractivity contribution in [3.63, 3.8) is 0 Å². The fourth-order valence-electron chi connectivity index (χ4n) is 2.27. The number of esters is 1. The van der Waals surface area contributed by atoms with Gasteiger partial charge in [0.1, 0.15) is 31.7 Å². The number of hydrogen-bond donors (Lipinski definition) is 1. The second-order valence-corrected chi connectivity index (χ2v) is 5.53. The predicted molar refractivity (Wildman–Crippen MR) is 90.6 cm³/mol. The molecule has 0 saturated carbocycles. The number of alkyl halides is 1. The summed E-state index contributed by atoms with van der Waals surface area (Å²) in [6.07, 6.45) is 0.340. The van der Waals surface area contributed by atoms with Crippen LogP contribution >= 0.6 is 0 Å². The molecule has 0 bridgehead atoms. The Bertz CT molecular complexity index is 661. The SMILES string of the molecule is Cc1ccc(OCCF)cc1CC(N)C(=O)OCc1ccccc1. The van der Waals surface area contributed by atoms with Crippen molar-refractivity contribution in [1.29, 1.82) is 0 Å². The number of rotatable bonds is 8. The van der Waals surface area contributed by atoms with Crippen LogP contribution in [0.25, 0.3) is 0 Å². The number of aryl methyl sites for hydroxylation is 1. The van der Waals surface area contributed by atoms with Crippen molar-refractivity contribution in [3.8, 4) is 5.75 Å². The van der Waals surface area contributed by atoms with Crippen molar-refractivity contribution >= 4 is 5.97 Å². The van der Waals surface area contributed by atoms with E-state index in [2.05, 4.69) is 0 Å². The summed E-state index contributed by atoms with van der Waals surface area (Å²) in [4.78, 5) is 12.1. The Morgan fingerprint density at radius 2 is 1.96 bits per heavy atom. The molecule has 24 heavy (non-hydrogen) atoms. The van der Waals surface area contributed by atoms with Crippen LogP contribution < -0.4 is 10.5 Å². The van der Waals surface area contributed by atoms with Crippen LogP contribution in [0.15, 0.2) is 48.5 Å². The Kier molecular flexibility index (Phi) is 6.75.